The van der Waals surface area contributed by atoms with Crippen LogP contribution < -0.4 is 15.0 Å². The van der Waals surface area contributed by atoms with Crippen molar-refractivity contribution in [1.29, 1.82) is 0 Å². The van der Waals surface area contributed by atoms with Crippen LogP contribution in [0.5, 0.6) is 5.75 Å². The minimum absolute atomic E-state index is 0.0203. The molecule has 130 valence electrons. The number of hydrogen-bond acceptors (Lipinski definition) is 3. The minimum atomic E-state index is -0.545. The fraction of sp³-hybridized carbons (Fsp3) is 0.579. The second kappa shape index (κ2) is 6.83. The molecule has 1 aliphatic carbocycles. The third kappa shape index (κ3) is 3.25. The van der Waals surface area contributed by atoms with Gasteiger partial charge in [0, 0.05) is 6.04 Å². The van der Waals surface area contributed by atoms with Gasteiger partial charge in [-0.15, -0.1) is 0 Å². The summed E-state index contributed by atoms with van der Waals surface area (Å²) in [7, 11) is 0. The van der Waals surface area contributed by atoms with Crippen LogP contribution in [-0.4, -0.2) is 30.5 Å². The van der Waals surface area contributed by atoms with Gasteiger partial charge in [0.25, 0.3) is 5.91 Å². The van der Waals surface area contributed by atoms with Gasteiger partial charge in [0.15, 0.2) is 6.61 Å². The number of rotatable bonds is 3. The van der Waals surface area contributed by atoms with Crippen molar-refractivity contribution in [3.05, 3.63) is 23.8 Å². The van der Waals surface area contributed by atoms with Crippen molar-refractivity contribution in [1.82, 2.24) is 5.32 Å². The second-order valence-electron chi connectivity index (χ2n) is 7.08. The zero-order valence-corrected chi connectivity index (χ0v) is 14.7. The molecular weight excluding hydrogens is 304 g/mol. The molecule has 1 heterocycles. The fourth-order valence-electron chi connectivity index (χ4n) is 3.66. The first-order valence-electron chi connectivity index (χ1n) is 8.83. The van der Waals surface area contributed by atoms with Crippen molar-refractivity contribution in [2.45, 2.75) is 58.5 Å². The maximum atomic E-state index is 12.8. The van der Waals surface area contributed by atoms with Gasteiger partial charge < -0.3 is 10.1 Å². The molecule has 5 heteroatoms. The van der Waals surface area contributed by atoms with E-state index in [1.807, 2.05) is 25.1 Å². The Morgan fingerprint density at radius 2 is 2.08 bits per heavy atom. The Morgan fingerprint density at radius 1 is 1.33 bits per heavy atom. The lowest BCUT2D eigenvalue weighted by atomic mass is 9.86. The van der Waals surface area contributed by atoms with E-state index in [0.717, 1.165) is 24.8 Å². The number of aryl methyl sites for hydroxylation is 1. The van der Waals surface area contributed by atoms with Crippen LogP contribution in [0.15, 0.2) is 18.2 Å². The standard InChI is InChI=1S/C19H26N2O3/c1-12-8-9-17-16(10-12)21(18(22)11-24-17)14(3)19(23)20-15-7-5-4-6-13(15)2/h8-10,13-15H,4-7,11H2,1-3H3,(H,20,23). The van der Waals surface area contributed by atoms with Crippen molar-refractivity contribution in [3.63, 3.8) is 0 Å². The normalized spacial score (nSPS) is 24.8. The number of anilines is 1. The molecular formula is C19H26N2O3. The molecule has 1 fully saturated rings. The number of ether oxygens (including phenoxy) is 1. The Balaban J connectivity index is 1.78. The molecule has 3 unspecified atom stereocenters. The Hall–Kier alpha value is -2.04. The van der Waals surface area contributed by atoms with Crippen molar-refractivity contribution >= 4 is 17.5 Å². The Bertz CT molecular complexity index is 643. The Labute approximate surface area is 143 Å². The van der Waals surface area contributed by atoms with Crippen LogP contribution in [0.4, 0.5) is 5.69 Å². The van der Waals surface area contributed by atoms with Gasteiger partial charge in [0.1, 0.15) is 11.8 Å². The summed E-state index contributed by atoms with van der Waals surface area (Å²) in [6, 6.07) is 5.37. The van der Waals surface area contributed by atoms with E-state index in [0.29, 0.717) is 17.4 Å². The Kier molecular flexibility index (Phi) is 4.78. The van der Waals surface area contributed by atoms with Crippen LogP contribution in [0.2, 0.25) is 0 Å². The van der Waals surface area contributed by atoms with E-state index in [4.69, 9.17) is 4.74 Å². The van der Waals surface area contributed by atoms with Gasteiger partial charge in [0.2, 0.25) is 5.91 Å². The van der Waals surface area contributed by atoms with E-state index in [1.165, 1.54) is 6.42 Å². The number of carbonyl (C=O) groups is 2. The molecule has 0 radical (unpaired) electrons. The molecule has 0 spiro atoms. The smallest absolute Gasteiger partial charge is 0.265 e. The maximum absolute atomic E-state index is 12.8. The average Bonchev–Trinajstić information content (AvgIpc) is 2.56. The van der Waals surface area contributed by atoms with Crippen LogP contribution >= 0.6 is 0 Å². The summed E-state index contributed by atoms with van der Waals surface area (Å²) in [5.74, 6) is 0.889. The van der Waals surface area contributed by atoms with Gasteiger partial charge in [-0.1, -0.05) is 25.8 Å². The summed E-state index contributed by atoms with van der Waals surface area (Å²) < 4.78 is 5.49. The van der Waals surface area contributed by atoms with E-state index in [1.54, 1.807) is 11.8 Å². The molecule has 1 aromatic carbocycles. The SMILES string of the molecule is Cc1ccc2c(c1)N(C(C)C(=O)NC1CCCCC1C)C(=O)CO2. The summed E-state index contributed by atoms with van der Waals surface area (Å²) in [5, 5.41) is 3.16. The number of amides is 2. The molecule has 5 nitrogen and oxygen atoms in total. The lowest BCUT2D eigenvalue weighted by Crippen LogP contribution is -2.54. The number of hydrogen-bond donors (Lipinski definition) is 1. The third-order valence-electron chi connectivity index (χ3n) is 5.20. The highest BCUT2D eigenvalue weighted by atomic mass is 16.5. The molecule has 1 aromatic rings. The molecule has 1 aliphatic heterocycles. The number of fused-ring (bicyclic) bond motifs is 1. The summed E-state index contributed by atoms with van der Waals surface area (Å²) >= 11 is 0. The quantitative estimate of drug-likeness (QED) is 0.927. The number of benzene rings is 1. The highest BCUT2D eigenvalue weighted by Crippen LogP contribution is 2.34. The molecule has 3 rings (SSSR count). The number of nitrogens with one attached hydrogen (secondary N) is 1. The predicted molar refractivity (Wildman–Crippen MR) is 93.2 cm³/mol. The molecule has 24 heavy (non-hydrogen) atoms. The van der Waals surface area contributed by atoms with E-state index < -0.39 is 6.04 Å². The summed E-state index contributed by atoms with van der Waals surface area (Å²) in [4.78, 5) is 26.7. The monoisotopic (exact) mass is 330 g/mol. The van der Waals surface area contributed by atoms with E-state index >= 15 is 0 Å². The summed E-state index contributed by atoms with van der Waals surface area (Å²) in [5.41, 5.74) is 1.72. The van der Waals surface area contributed by atoms with Crippen LogP contribution in [0, 0.1) is 12.8 Å². The van der Waals surface area contributed by atoms with E-state index in [2.05, 4.69) is 12.2 Å². The first-order valence-corrected chi connectivity index (χ1v) is 8.83. The highest BCUT2D eigenvalue weighted by molar-refractivity contribution is 6.03. The average molecular weight is 330 g/mol. The largest absolute Gasteiger partial charge is 0.482 e. The van der Waals surface area contributed by atoms with Gasteiger partial charge in [0.05, 0.1) is 5.69 Å². The summed E-state index contributed by atoms with van der Waals surface area (Å²) in [6.07, 6.45) is 4.56. The lowest BCUT2D eigenvalue weighted by Gasteiger charge is -2.36. The van der Waals surface area contributed by atoms with Crippen LogP contribution in [-0.2, 0) is 9.59 Å². The Morgan fingerprint density at radius 3 is 2.83 bits per heavy atom. The molecule has 2 aliphatic rings. The van der Waals surface area contributed by atoms with E-state index in [-0.39, 0.29) is 24.5 Å². The van der Waals surface area contributed by atoms with Crippen molar-refractivity contribution in [2.24, 2.45) is 5.92 Å². The van der Waals surface area contributed by atoms with Crippen LogP contribution in [0.3, 0.4) is 0 Å². The van der Waals surface area contributed by atoms with Crippen molar-refractivity contribution < 1.29 is 14.3 Å². The van der Waals surface area contributed by atoms with E-state index in [9.17, 15) is 9.59 Å². The van der Waals surface area contributed by atoms with Crippen molar-refractivity contribution in [3.8, 4) is 5.75 Å². The molecule has 1 N–H and O–H groups in total. The minimum Gasteiger partial charge on any atom is -0.482 e. The van der Waals surface area contributed by atoms with Gasteiger partial charge >= 0.3 is 0 Å². The van der Waals surface area contributed by atoms with Crippen LogP contribution in [0.1, 0.15) is 45.1 Å². The first kappa shape index (κ1) is 16.8. The molecule has 2 amide bonds. The topological polar surface area (TPSA) is 58.6 Å². The van der Waals surface area contributed by atoms with Gasteiger partial charge in [-0.2, -0.15) is 0 Å². The molecule has 1 saturated carbocycles. The maximum Gasteiger partial charge on any atom is 0.265 e. The molecule has 0 saturated heterocycles. The number of carbonyl (C=O) groups excluding carboxylic acids is 2. The highest BCUT2D eigenvalue weighted by Gasteiger charge is 2.34. The lowest BCUT2D eigenvalue weighted by molar-refractivity contribution is -0.128. The molecule has 0 bridgehead atoms. The predicted octanol–water partition coefficient (Wildman–Crippen LogP) is 2.80. The fourth-order valence-corrected chi connectivity index (χ4v) is 3.66. The molecule has 0 aromatic heterocycles. The summed E-state index contributed by atoms with van der Waals surface area (Å²) in [6.45, 7) is 5.92. The first-order chi connectivity index (χ1) is 11.5. The van der Waals surface area contributed by atoms with Crippen LogP contribution in [0.25, 0.3) is 0 Å². The van der Waals surface area contributed by atoms with Gasteiger partial charge in [-0.3, -0.25) is 14.5 Å². The van der Waals surface area contributed by atoms with Gasteiger partial charge in [-0.25, -0.2) is 0 Å². The zero-order chi connectivity index (χ0) is 17.3. The molecule has 3 atom stereocenters. The number of nitrogens with zero attached hydrogens (tertiary/aromatic N) is 1. The van der Waals surface area contributed by atoms with Gasteiger partial charge in [-0.05, 0) is 50.3 Å². The second-order valence-corrected chi connectivity index (χ2v) is 7.08. The third-order valence-corrected chi connectivity index (χ3v) is 5.20. The zero-order valence-electron chi connectivity index (χ0n) is 14.7. The van der Waals surface area contributed by atoms with Crippen molar-refractivity contribution in [2.75, 3.05) is 11.5 Å².